The van der Waals surface area contributed by atoms with Crippen LogP contribution in [-0.2, 0) is 0 Å². The van der Waals surface area contributed by atoms with Crippen molar-refractivity contribution in [3.05, 3.63) is 6.33 Å². The zero-order valence-corrected chi connectivity index (χ0v) is 8.74. The lowest BCUT2D eigenvalue weighted by molar-refractivity contribution is 0.329. The van der Waals surface area contributed by atoms with E-state index in [1.54, 1.807) is 0 Å². The average Bonchev–Trinajstić information content (AvgIpc) is 2.68. The average molecular weight is 194 g/mol. The molecule has 1 aromatic rings. The Bertz CT molecular complexity index is 275. The van der Waals surface area contributed by atoms with Crippen molar-refractivity contribution < 1.29 is 0 Å². The lowest BCUT2D eigenvalue weighted by Gasteiger charge is -2.21. The molecule has 0 atom stereocenters. The van der Waals surface area contributed by atoms with Crippen LogP contribution in [-0.4, -0.2) is 21.3 Å². The Hall–Kier alpha value is -1.06. The van der Waals surface area contributed by atoms with Crippen LogP contribution in [0, 0.1) is 0 Å². The lowest BCUT2D eigenvalue weighted by atomic mass is 9.96. The van der Waals surface area contributed by atoms with Gasteiger partial charge in [0.2, 0.25) is 5.95 Å². The molecule has 1 fully saturated rings. The molecule has 4 heteroatoms. The van der Waals surface area contributed by atoms with Gasteiger partial charge in [0.05, 0.1) is 6.04 Å². The van der Waals surface area contributed by atoms with E-state index in [2.05, 4.69) is 22.3 Å². The summed E-state index contributed by atoms with van der Waals surface area (Å²) in [6.07, 6.45) is 8.42. The molecule has 0 spiro atoms. The third-order valence-corrected chi connectivity index (χ3v) is 2.79. The highest BCUT2D eigenvalue weighted by Crippen LogP contribution is 2.27. The fourth-order valence-electron chi connectivity index (χ4n) is 2.04. The lowest BCUT2D eigenvalue weighted by Crippen LogP contribution is -2.13. The van der Waals surface area contributed by atoms with E-state index in [9.17, 15) is 0 Å². The highest BCUT2D eigenvalue weighted by Gasteiger charge is 2.16. The zero-order chi connectivity index (χ0) is 9.80. The summed E-state index contributed by atoms with van der Waals surface area (Å²) >= 11 is 0. The molecule has 0 aromatic carbocycles. The van der Waals surface area contributed by atoms with Gasteiger partial charge in [0.15, 0.2) is 0 Å². The monoisotopic (exact) mass is 194 g/mol. The first-order valence-corrected chi connectivity index (χ1v) is 5.55. The fourth-order valence-corrected chi connectivity index (χ4v) is 2.04. The van der Waals surface area contributed by atoms with Gasteiger partial charge in [-0.2, -0.15) is 0 Å². The number of nitrogens with one attached hydrogen (secondary N) is 1. The van der Waals surface area contributed by atoms with Crippen LogP contribution in [0.25, 0.3) is 0 Å². The maximum Gasteiger partial charge on any atom is 0.242 e. The predicted octanol–water partition coefficient (Wildman–Crippen LogP) is 2.22. The molecule has 1 aromatic heterocycles. The fraction of sp³-hybridized carbons (Fsp3) is 0.800. The Morgan fingerprint density at radius 1 is 1.43 bits per heavy atom. The van der Waals surface area contributed by atoms with Gasteiger partial charge in [-0.25, -0.2) is 9.67 Å². The van der Waals surface area contributed by atoms with Crippen LogP contribution in [0.15, 0.2) is 6.33 Å². The molecule has 1 aliphatic carbocycles. The van der Waals surface area contributed by atoms with E-state index in [0.717, 1.165) is 12.5 Å². The second-order valence-corrected chi connectivity index (χ2v) is 3.87. The smallest absolute Gasteiger partial charge is 0.242 e. The molecule has 0 aliphatic heterocycles. The first kappa shape index (κ1) is 9.49. The molecule has 1 heterocycles. The van der Waals surface area contributed by atoms with Crippen molar-refractivity contribution in [3.63, 3.8) is 0 Å². The van der Waals surface area contributed by atoms with Crippen molar-refractivity contribution >= 4 is 5.95 Å². The summed E-state index contributed by atoms with van der Waals surface area (Å²) in [5.74, 6) is 0.762. The summed E-state index contributed by atoms with van der Waals surface area (Å²) in [5, 5.41) is 7.54. The van der Waals surface area contributed by atoms with Crippen LogP contribution in [0.1, 0.15) is 45.1 Å². The van der Waals surface area contributed by atoms with Gasteiger partial charge in [-0.15, -0.1) is 5.10 Å². The Kier molecular flexibility index (Phi) is 3.01. The van der Waals surface area contributed by atoms with Gasteiger partial charge in [0.1, 0.15) is 6.33 Å². The van der Waals surface area contributed by atoms with E-state index in [4.69, 9.17) is 0 Å². The largest absolute Gasteiger partial charge is 0.353 e. The summed E-state index contributed by atoms with van der Waals surface area (Å²) in [6, 6.07) is 0.587. The van der Waals surface area contributed by atoms with E-state index in [0.29, 0.717) is 6.04 Å². The Morgan fingerprint density at radius 2 is 2.21 bits per heavy atom. The molecule has 14 heavy (non-hydrogen) atoms. The Morgan fingerprint density at radius 3 is 2.93 bits per heavy atom. The molecule has 2 rings (SSSR count). The topological polar surface area (TPSA) is 42.7 Å². The zero-order valence-electron chi connectivity index (χ0n) is 8.74. The van der Waals surface area contributed by atoms with Gasteiger partial charge in [-0.05, 0) is 19.8 Å². The third kappa shape index (κ3) is 2.05. The number of aromatic nitrogens is 3. The molecule has 78 valence electrons. The van der Waals surface area contributed by atoms with E-state index in [-0.39, 0.29) is 0 Å². The summed E-state index contributed by atoms with van der Waals surface area (Å²) in [6.45, 7) is 2.94. The van der Waals surface area contributed by atoms with Crippen LogP contribution >= 0.6 is 0 Å². The van der Waals surface area contributed by atoms with Crippen LogP contribution < -0.4 is 5.32 Å². The molecule has 1 saturated carbocycles. The molecule has 0 bridgehead atoms. The van der Waals surface area contributed by atoms with Gasteiger partial charge in [-0.3, -0.25) is 0 Å². The van der Waals surface area contributed by atoms with Crippen molar-refractivity contribution in [1.82, 2.24) is 14.8 Å². The van der Waals surface area contributed by atoms with Gasteiger partial charge in [0.25, 0.3) is 0 Å². The summed E-state index contributed by atoms with van der Waals surface area (Å²) in [5.41, 5.74) is 0. The van der Waals surface area contributed by atoms with Gasteiger partial charge in [-0.1, -0.05) is 19.3 Å². The SMILES string of the molecule is CCNc1ncn(C2CCCCC2)n1. The third-order valence-electron chi connectivity index (χ3n) is 2.79. The van der Waals surface area contributed by atoms with Crippen molar-refractivity contribution in [3.8, 4) is 0 Å². The summed E-state index contributed by atoms with van der Waals surface area (Å²) < 4.78 is 2.02. The molecule has 0 radical (unpaired) electrons. The van der Waals surface area contributed by atoms with Gasteiger partial charge < -0.3 is 5.32 Å². The van der Waals surface area contributed by atoms with E-state index >= 15 is 0 Å². The van der Waals surface area contributed by atoms with E-state index < -0.39 is 0 Å². The van der Waals surface area contributed by atoms with E-state index in [1.165, 1.54) is 32.1 Å². The summed E-state index contributed by atoms with van der Waals surface area (Å²) in [7, 11) is 0. The normalized spacial score (nSPS) is 18.4. The second kappa shape index (κ2) is 4.44. The van der Waals surface area contributed by atoms with Crippen molar-refractivity contribution in [2.75, 3.05) is 11.9 Å². The first-order valence-electron chi connectivity index (χ1n) is 5.55. The number of nitrogens with zero attached hydrogens (tertiary/aromatic N) is 3. The second-order valence-electron chi connectivity index (χ2n) is 3.87. The maximum absolute atomic E-state index is 4.42. The molecule has 1 N–H and O–H groups in total. The van der Waals surface area contributed by atoms with Gasteiger partial charge in [0, 0.05) is 6.54 Å². The molecular weight excluding hydrogens is 176 g/mol. The quantitative estimate of drug-likeness (QED) is 0.802. The van der Waals surface area contributed by atoms with Crippen LogP contribution in [0.4, 0.5) is 5.95 Å². The minimum atomic E-state index is 0.587. The molecule has 0 saturated heterocycles. The van der Waals surface area contributed by atoms with E-state index in [1.807, 2.05) is 11.0 Å². The molecule has 4 nitrogen and oxygen atoms in total. The predicted molar refractivity (Wildman–Crippen MR) is 56.3 cm³/mol. The molecule has 0 unspecified atom stereocenters. The molecule has 1 aliphatic rings. The molecule has 0 amide bonds. The minimum absolute atomic E-state index is 0.587. The number of anilines is 1. The highest BCUT2D eigenvalue weighted by molar-refractivity contribution is 5.20. The van der Waals surface area contributed by atoms with Crippen LogP contribution in [0.3, 0.4) is 0 Å². The minimum Gasteiger partial charge on any atom is -0.353 e. The standard InChI is InChI=1S/C10H18N4/c1-2-11-10-12-8-14(13-10)9-6-4-3-5-7-9/h8-9H,2-7H2,1H3,(H,11,13). The van der Waals surface area contributed by atoms with Crippen molar-refractivity contribution in [2.24, 2.45) is 0 Å². The van der Waals surface area contributed by atoms with Crippen LogP contribution in [0.2, 0.25) is 0 Å². The number of hydrogen-bond acceptors (Lipinski definition) is 3. The number of rotatable bonds is 3. The maximum atomic E-state index is 4.42. The Labute approximate surface area is 84.7 Å². The number of hydrogen-bond donors (Lipinski definition) is 1. The molecular formula is C10H18N4. The Balaban J connectivity index is 2.00. The highest BCUT2D eigenvalue weighted by atomic mass is 15.4. The van der Waals surface area contributed by atoms with Crippen molar-refractivity contribution in [1.29, 1.82) is 0 Å². The van der Waals surface area contributed by atoms with Crippen molar-refractivity contribution in [2.45, 2.75) is 45.1 Å². The van der Waals surface area contributed by atoms with Crippen LogP contribution in [0.5, 0.6) is 0 Å². The summed E-state index contributed by atoms with van der Waals surface area (Å²) in [4.78, 5) is 4.22. The van der Waals surface area contributed by atoms with Gasteiger partial charge >= 0.3 is 0 Å². The first-order chi connectivity index (χ1) is 6.90.